The Morgan fingerprint density at radius 2 is 1.81 bits per heavy atom. The molecule has 0 bridgehead atoms. The third kappa shape index (κ3) is 6.34. The van der Waals surface area contributed by atoms with Gasteiger partial charge in [0.05, 0.1) is 6.61 Å². The van der Waals surface area contributed by atoms with Crippen molar-refractivity contribution in [2.24, 2.45) is 0 Å². The van der Waals surface area contributed by atoms with Crippen molar-refractivity contribution in [3.8, 4) is 0 Å². The van der Waals surface area contributed by atoms with Crippen molar-refractivity contribution in [1.82, 2.24) is 0 Å². The molecule has 0 saturated carbocycles. The van der Waals surface area contributed by atoms with Gasteiger partial charge in [-0.15, -0.1) is 0 Å². The Bertz CT molecular complexity index is 272. The quantitative estimate of drug-likeness (QED) is 0.286. The second kappa shape index (κ2) is 7.16. The lowest BCUT2D eigenvalue weighted by Gasteiger charge is -2.15. The van der Waals surface area contributed by atoms with Crippen LogP contribution in [0.5, 0.6) is 0 Å². The summed E-state index contributed by atoms with van der Waals surface area (Å²) in [6.07, 6.45) is -2.11. The van der Waals surface area contributed by atoms with Crippen molar-refractivity contribution in [1.29, 1.82) is 0 Å². The number of aliphatic hydroxyl groups excluding tert-OH is 2. The molecule has 0 aliphatic heterocycles. The fraction of sp³-hybridized carbons (Fsp3) is 0.545. The van der Waals surface area contributed by atoms with Gasteiger partial charge >= 0.3 is 5.97 Å². The molecule has 16 heavy (non-hydrogen) atoms. The molecule has 2 N–H and O–H groups in total. The number of aliphatic hydroxyl groups is 2. The smallest absolute Gasteiger partial charge is 0.333 e. The molecule has 0 aromatic heterocycles. The van der Waals surface area contributed by atoms with E-state index in [1.807, 2.05) is 0 Å². The van der Waals surface area contributed by atoms with Gasteiger partial charge in [-0.25, -0.2) is 4.79 Å². The van der Waals surface area contributed by atoms with Crippen molar-refractivity contribution < 1.29 is 24.5 Å². The first-order chi connectivity index (χ1) is 7.34. The molecule has 0 aliphatic rings. The van der Waals surface area contributed by atoms with Crippen LogP contribution in [0, 0.1) is 0 Å². The number of carbonyl (C=O) groups excluding carboxylic acids is 1. The first kappa shape index (κ1) is 14.8. The number of hydrogen-bond donors (Lipinski definition) is 2. The Labute approximate surface area is 95.0 Å². The minimum absolute atomic E-state index is 0.141. The van der Waals surface area contributed by atoms with E-state index < -0.39 is 18.4 Å². The van der Waals surface area contributed by atoms with Crippen LogP contribution in [0.2, 0.25) is 0 Å². The average molecular weight is 230 g/mol. The number of esters is 1. The van der Waals surface area contributed by atoms with Crippen molar-refractivity contribution in [3.05, 3.63) is 24.3 Å². The van der Waals surface area contributed by atoms with Crippen LogP contribution in [-0.2, 0) is 14.3 Å². The number of hydrogen-bond acceptors (Lipinski definition) is 5. The number of ether oxygens (including phenoxy) is 2. The summed E-state index contributed by atoms with van der Waals surface area (Å²) in [4.78, 5) is 11.0. The maximum Gasteiger partial charge on any atom is 0.333 e. The van der Waals surface area contributed by atoms with Crippen molar-refractivity contribution >= 4 is 5.97 Å². The Balaban J connectivity index is 3.75. The van der Waals surface area contributed by atoms with Crippen molar-refractivity contribution in [2.75, 3.05) is 13.2 Å². The minimum atomic E-state index is -1.12. The highest BCUT2D eigenvalue weighted by Crippen LogP contribution is 2.01. The Morgan fingerprint density at radius 1 is 1.25 bits per heavy atom. The zero-order valence-corrected chi connectivity index (χ0v) is 9.60. The van der Waals surface area contributed by atoms with Crippen LogP contribution in [0.3, 0.4) is 0 Å². The zero-order valence-electron chi connectivity index (χ0n) is 9.60. The summed E-state index contributed by atoms with van der Waals surface area (Å²) in [5.41, 5.74) is 0.696. The van der Waals surface area contributed by atoms with E-state index in [1.165, 1.54) is 6.92 Å². The fourth-order valence-corrected chi connectivity index (χ4v) is 0.688. The lowest BCUT2D eigenvalue weighted by molar-refractivity contribution is -0.146. The second-order valence-electron chi connectivity index (χ2n) is 3.56. The summed E-state index contributed by atoms with van der Waals surface area (Å²) in [5.74, 6) is -0.570. The summed E-state index contributed by atoms with van der Waals surface area (Å²) >= 11 is 0. The lowest BCUT2D eigenvalue weighted by Crippen LogP contribution is -2.27. The summed E-state index contributed by atoms with van der Waals surface area (Å²) in [7, 11) is 0. The van der Waals surface area contributed by atoms with E-state index in [4.69, 9.17) is 4.74 Å². The topological polar surface area (TPSA) is 76.0 Å². The van der Waals surface area contributed by atoms with E-state index in [9.17, 15) is 15.0 Å². The lowest BCUT2D eigenvalue weighted by atomic mass is 10.3. The molecular formula is C11H18O5. The minimum Gasteiger partial charge on any atom is -0.460 e. The molecule has 0 radical (unpaired) electrons. The standard InChI is InChI=1S/C11H18O5/c1-7(2)10(13)15-5-9(12)6-16-11(14)8(3)4/h9-10,12-13H,1,3,5-6H2,2,4H3. The van der Waals surface area contributed by atoms with E-state index in [2.05, 4.69) is 17.9 Å². The third-order valence-corrected chi connectivity index (χ3v) is 1.62. The van der Waals surface area contributed by atoms with E-state index in [-0.39, 0.29) is 18.8 Å². The molecule has 0 fully saturated rings. The first-order valence-electron chi connectivity index (χ1n) is 4.80. The number of carbonyl (C=O) groups is 1. The van der Waals surface area contributed by atoms with Gasteiger partial charge in [0.15, 0.2) is 6.29 Å². The van der Waals surface area contributed by atoms with Gasteiger partial charge in [-0.3, -0.25) is 0 Å². The van der Waals surface area contributed by atoms with Gasteiger partial charge in [0, 0.05) is 5.57 Å². The highest BCUT2D eigenvalue weighted by Gasteiger charge is 2.12. The Hall–Kier alpha value is -1.17. The molecule has 5 heteroatoms. The second-order valence-corrected chi connectivity index (χ2v) is 3.56. The molecule has 0 aromatic rings. The van der Waals surface area contributed by atoms with Gasteiger partial charge in [0.25, 0.3) is 0 Å². The highest BCUT2D eigenvalue weighted by atomic mass is 16.6. The summed E-state index contributed by atoms with van der Waals surface area (Å²) in [6, 6.07) is 0. The molecule has 5 nitrogen and oxygen atoms in total. The van der Waals surface area contributed by atoms with Crippen LogP contribution in [0.15, 0.2) is 24.3 Å². The molecular weight excluding hydrogens is 212 g/mol. The molecule has 0 heterocycles. The maximum absolute atomic E-state index is 11.0. The molecule has 0 amide bonds. The first-order valence-corrected chi connectivity index (χ1v) is 4.80. The van der Waals surface area contributed by atoms with Crippen LogP contribution in [0.1, 0.15) is 13.8 Å². The predicted octanol–water partition coefficient (Wildman–Crippen LogP) is 0.378. The van der Waals surface area contributed by atoms with Gasteiger partial charge in [-0.2, -0.15) is 0 Å². The van der Waals surface area contributed by atoms with Crippen LogP contribution in [0.25, 0.3) is 0 Å². The SMILES string of the molecule is C=C(C)C(=O)OCC(O)COC(O)C(=C)C. The molecule has 2 unspecified atom stereocenters. The zero-order chi connectivity index (χ0) is 12.7. The van der Waals surface area contributed by atoms with Gasteiger partial charge in [0.2, 0.25) is 0 Å². The predicted molar refractivity (Wildman–Crippen MR) is 58.6 cm³/mol. The van der Waals surface area contributed by atoms with Crippen LogP contribution >= 0.6 is 0 Å². The Kier molecular flexibility index (Phi) is 6.64. The van der Waals surface area contributed by atoms with Crippen molar-refractivity contribution in [3.63, 3.8) is 0 Å². The molecule has 0 spiro atoms. The summed E-state index contributed by atoms with van der Waals surface area (Å²) in [6.45, 7) is 9.63. The highest BCUT2D eigenvalue weighted by molar-refractivity contribution is 5.86. The fourth-order valence-electron chi connectivity index (χ4n) is 0.688. The molecule has 0 saturated heterocycles. The Morgan fingerprint density at radius 3 is 2.25 bits per heavy atom. The normalized spacial score (nSPS) is 14.0. The largest absolute Gasteiger partial charge is 0.460 e. The maximum atomic E-state index is 11.0. The molecule has 2 atom stereocenters. The van der Waals surface area contributed by atoms with Crippen molar-refractivity contribution in [2.45, 2.75) is 26.2 Å². The van der Waals surface area contributed by atoms with Gasteiger partial charge in [-0.05, 0) is 19.4 Å². The van der Waals surface area contributed by atoms with E-state index in [0.29, 0.717) is 5.57 Å². The average Bonchev–Trinajstić information content (AvgIpc) is 2.21. The van der Waals surface area contributed by atoms with Crippen LogP contribution in [0.4, 0.5) is 0 Å². The van der Waals surface area contributed by atoms with E-state index in [1.54, 1.807) is 6.92 Å². The van der Waals surface area contributed by atoms with Crippen LogP contribution < -0.4 is 0 Å². The molecule has 0 rings (SSSR count). The van der Waals surface area contributed by atoms with Gasteiger partial charge in [-0.1, -0.05) is 13.2 Å². The summed E-state index contributed by atoms with van der Waals surface area (Å²) in [5, 5.41) is 18.5. The molecule has 0 aromatic carbocycles. The van der Waals surface area contributed by atoms with E-state index >= 15 is 0 Å². The van der Waals surface area contributed by atoms with Gasteiger partial charge < -0.3 is 19.7 Å². The molecule has 92 valence electrons. The third-order valence-electron chi connectivity index (χ3n) is 1.62. The van der Waals surface area contributed by atoms with Crippen LogP contribution in [-0.4, -0.2) is 41.8 Å². The monoisotopic (exact) mass is 230 g/mol. The summed E-state index contributed by atoms with van der Waals surface area (Å²) < 4.78 is 9.54. The van der Waals surface area contributed by atoms with Gasteiger partial charge in [0.1, 0.15) is 12.7 Å². The number of rotatable bonds is 7. The molecule has 0 aliphatic carbocycles. The van der Waals surface area contributed by atoms with E-state index in [0.717, 1.165) is 0 Å².